The summed E-state index contributed by atoms with van der Waals surface area (Å²) in [6.45, 7) is 9.06. The van der Waals surface area contributed by atoms with Crippen LogP contribution in [0.3, 0.4) is 0 Å². The van der Waals surface area contributed by atoms with Gasteiger partial charge in [-0.1, -0.05) is 45.8 Å². The van der Waals surface area contributed by atoms with Gasteiger partial charge < -0.3 is 0 Å². The molecule has 0 heterocycles. The molecule has 0 unspecified atom stereocenters. The predicted octanol–water partition coefficient (Wildman–Crippen LogP) is 4.17. The topological polar surface area (TPSA) is 0 Å². The summed E-state index contributed by atoms with van der Waals surface area (Å²) < 4.78 is 0. The average molecular weight is 154 g/mol. The normalized spacial score (nSPS) is 12.6. The van der Waals surface area contributed by atoms with Gasteiger partial charge in [-0.2, -0.15) is 0 Å². The molecular weight excluding hydrogens is 132 g/mol. The second-order valence-electron chi connectivity index (χ2n) is 3.60. The highest BCUT2D eigenvalue weighted by atomic mass is 14.0. The Kier molecular flexibility index (Phi) is 6.30. The lowest BCUT2D eigenvalue weighted by Gasteiger charge is -2.07. The van der Waals surface area contributed by atoms with Crippen molar-refractivity contribution in [1.82, 2.24) is 0 Å². The molecule has 0 rings (SSSR count). The van der Waals surface area contributed by atoms with Crippen LogP contribution in [0.15, 0.2) is 11.6 Å². The second kappa shape index (κ2) is 6.45. The zero-order chi connectivity index (χ0) is 8.69. The van der Waals surface area contributed by atoms with Crippen LogP contribution in [0.5, 0.6) is 0 Å². The Balaban J connectivity index is 3.73. The monoisotopic (exact) mass is 154 g/mol. The first-order chi connectivity index (χ1) is 5.20. The van der Waals surface area contributed by atoms with Crippen LogP contribution in [0, 0.1) is 5.92 Å². The first kappa shape index (κ1) is 10.7. The Hall–Kier alpha value is -0.260. The largest absolute Gasteiger partial charge is 0.0853 e. The van der Waals surface area contributed by atoms with Crippen LogP contribution in [-0.2, 0) is 0 Å². The smallest absolute Gasteiger partial charge is 0.0297 e. The van der Waals surface area contributed by atoms with Crippen molar-refractivity contribution in [2.24, 2.45) is 5.92 Å². The molecule has 0 aromatic heterocycles. The highest BCUT2D eigenvalue weighted by Crippen LogP contribution is 2.14. The van der Waals surface area contributed by atoms with Crippen molar-refractivity contribution in [3.05, 3.63) is 11.6 Å². The Morgan fingerprint density at radius 2 is 1.91 bits per heavy atom. The molecule has 0 aromatic carbocycles. The molecule has 11 heavy (non-hydrogen) atoms. The quantitative estimate of drug-likeness (QED) is 0.521. The molecule has 0 radical (unpaired) electrons. The van der Waals surface area contributed by atoms with Crippen LogP contribution in [0.2, 0.25) is 0 Å². The summed E-state index contributed by atoms with van der Waals surface area (Å²) in [5.41, 5.74) is 1.64. The minimum Gasteiger partial charge on any atom is -0.0853 e. The minimum absolute atomic E-state index is 0.818. The highest BCUT2D eigenvalue weighted by molar-refractivity contribution is 5.01. The van der Waals surface area contributed by atoms with Gasteiger partial charge in [-0.15, -0.1) is 0 Å². The van der Waals surface area contributed by atoms with Crippen molar-refractivity contribution >= 4 is 0 Å². The van der Waals surface area contributed by atoms with E-state index in [2.05, 4.69) is 33.8 Å². The van der Waals surface area contributed by atoms with Crippen LogP contribution < -0.4 is 0 Å². The molecule has 0 bridgehead atoms. The number of rotatable bonds is 5. The van der Waals surface area contributed by atoms with Gasteiger partial charge in [0.1, 0.15) is 0 Å². The molecule has 0 fully saturated rings. The van der Waals surface area contributed by atoms with Crippen LogP contribution in [-0.4, -0.2) is 0 Å². The van der Waals surface area contributed by atoms with Crippen molar-refractivity contribution < 1.29 is 0 Å². The first-order valence-electron chi connectivity index (χ1n) is 4.88. The van der Waals surface area contributed by atoms with Crippen LogP contribution in [0.1, 0.15) is 53.4 Å². The van der Waals surface area contributed by atoms with E-state index < -0.39 is 0 Å². The Labute approximate surface area is 71.7 Å². The maximum atomic E-state index is 2.42. The van der Waals surface area contributed by atoms with E-state index >= 15 is 0 Å². The third kappa shape index (κ3) is 6.15. The molecule has 0 nitrogen and oxygen atoms in total. The van der Waals surface area contributed by atoms with Crippen LogP contribution in [0.4, 0.5) is 0 Å². The molecular formula is C11H22. The van der Waals surface area contributed by atoms with Gasteiger partial charge in [0.15, 0.2) is 0 Å². The second-order valence-corrected chi connectivity index (χ2v) is 3.60. The van der Waals surface area contributed by atoms with E-state index in [1.807, 2.05) is 0 Å². The summed E-state index contributed by atoms with van der Waals surface area (Å²) in [6.07, 6.45) is 7.48. The van der Waals surface area contributed by atoms with E-state index in [4.69, 9.17) is 0 Å². The van der Waals surface area contributed by atoms with Gasteiger partial charge in [0, 0.05) is 0 Å². The molecule has 0 N–H and O–H groups in total. The minimum atomic E-state index is 0.818. The lowest BCUT2D eigenvalue weighted by molar-refractivity contribution is 0.627. The maximum absolute atomic E-state index is 2.42. The maximum Gasteiger partial charge on any atom is -0.0297 e. The predicted molar refractivity (Wildman–Crippen MR) is 52.7 cm³/mol. The number of hydrogen-bond acceptors (Lipinski definition) is 0. The van der Waals surface area contributed by atoms with Crippen LogP contribution in [0.25, 0.3) is 0 Å². The molecule has 0 saturated heterocycles. The summed E-state index contributed by atoms with van der Waals surface area (Å²) in [5, 5.41) is 0. The van der Waals surface area contributed by atoms with Crippen LogP contribution >= 0.6 is 0 Å². The standard InChI is InChI=1S/C11H22/c1-5-7-8-11(6-2)9-10(3)4/h8,10H,5-7,9H2,1-4H3/b11-8+. The van der Waals surface area contributed by atoms with Crippen molar-refractivity contribution in [2.75, 3.05) is 0 Å². The Bertz CT molecular complexity index is 109. The van der Waals surface area contributed by atoms with Gasteiger partial charge >= 0.3 is 0 Å². The van der Waals surface area contributed by atoms with E-state index in [0.29, 0.717) is 0 Å². The summed E-state index contributed by atoms with van der Waals surface area (Å²) in [6, 6.07) is 0. The lowest BCUT2D eigenvalue weighted by Crippen LogP contribution is -1.90. The summed E-state index contributed by atoms with van der Waals surface area (Å²) in [7, 11) is 0. The Morgan fingerprint density at radius 1 is 1.27 bits per heavy atom. The molecule has 0 spiro atoms. The zero-order valence-electron chi connectivity index (χ0n) is 8.48. The third-order valence-electron chi connectivity index (χ3n) is 1.85. The van der Waals surface area contributed by atoms with Gasteiger partial charge in [-0.25, -0.2) is 0 Å². The Morgan fingerprint density at radius 3 is 2.27 bits per heavy atom. The molecule has 0 aromatic rings. The van der Waals surface area contributed by atoms with Gasteiger partial charge in [-0.05, 0) is 25.2 Å². The third-order valence-corrected chi connectivity index (χ3v) is 1.85. The number of allylic oxidation sites excluding steroid dienone is 2. The SMILES string of the molecule is CCC/C=C(\CC)CC(C)C. The van der Waals surface area contributed by atoms with Crippen molar-refractivity contribution in [2.45, 2.75) is 53.4 Å². The molecule has 0 heteroatoms. The fraction of sp³-hybridized carbons (Fsp3) is 0.818. The first-order valence-corrected chi connectivity index (χ1v) is 4.88. The lowest BCUT2D eigenvalue weighted by atomic mass is 10.00. The summed E-state index contributed by atoms with van der Waals surface area (Å²) in [5.74, 6) is 0.818. The zero-order valence-corrected chi connectivity index (χ0v) is 8.48. The molecule has 66 valence electrons. The van der Waals surface area contributed by atoms with Gasteiger partial charge in [-0.3, -0.25) is 0 Å². The van der Waals surface area contributed by atoms with E-state index in [-0.39, 0.29) is 0 Å². The summed E-state index contributed by atoms with van der Waals surface area (Å²) in [4.78, 5) is 0. The van der Waals surface area contributed by atoms with E-state index in [1.165, 1.54) is 25.7 Å². The van der Waals surface area contributed by atoms with E-state index in [9.17, 15) is 0 Å². The molecule has 0 aliphatic rings. The highest BCUT2D eigenvalue weighted by Gasteiger charge is 1.97. The molecule has 0 saturated carbocycles. The van der Waals surface area contributed by atoms with Crippen molar-refractivity contribution in [3.8, 4) is 0 Å². The van der Waals surface area contributed by atoms with E-state index in [1.54, 1.807) is 5.57 Å². The van der Waals surface area contributed by atoms with Gasteiger partial charge in [0.05, 0.1) is 0 Å². The molecule has 0 aliphatic heterocycles. The van der Waals surface area contributed by atoms with Crippen molar-refractivity contribution in [3.63, 3.8) is 0 Å². The van der Waals surface area contributed by atoms with E-state index in [0.717, 1.165) is 5.92 Å². The average Bonchev–Trinajstić information content (AvgIpc) is 1.97. The fourth-order valence-electron chi connectivity index (χ4n) is 1.24. The summed E-state index contributed by atoms with van der Waals surface area (Å²) >= 11 is 0. The molecule has 0 amide bonds. The van der Waals surface area contributed by atoms with Gasteiger partial charge in [0.25, 0.3) is 0 Å². The van der Waals surface area contributed by atoms with Gasteiger partial charge in [0.2, 0.25) is 0 Å². The molecule has 0 aliphatic carbocycles. The number of unbranched alkanes of at least 4 members (excludes halogenated alkanes) is 1. The van der Waals surface area contributed by atoms with Crippen molar-refractivity contribution in [1.29, 1.82) is 0 Å². The fourth-order valence-corrected chi connectivity index (χ4v) is 1.24. The number of hydrogen-bond donors (Lipinski definition) is 0. The molecule has 0 atom stereocenters.